The third-order valence-corrected chi connectivity index (χ3v) is 3.59. The van der Waals surface area contributed by atoms with Crippen LogP contribution in [0.15, 0.2) is 48.7 Å². The summed E-state index contributed by atoms with van der Waals surface area (Å²) in [5, 5.41) is 8.09. The second kappa shape index (κ2) is 10.2. The fourth-order valence-corrected chi connectivity index (χ4v) is 2.33. The summed E-state index contributed by atoms with van der Waals surface area (Å²) >= 11 is 0. The van der Waals surface area contributed by atoms with E-state index in [9.17, 15) is 14.4 Å². The van der Waals surface area contributed by atoms with Gasteiger partial charge in [0.1, 0.15) is 11.3 Å². The fourth-order valence-electron chi connectivity index (χ4n) is 2.33. The number of ether oxygens (including phenoxy) is 1. The van der Waals surface area contributed by atoms with Crippen molar-refractivity contribution in [1.29, 1.82) is 0 Å². The second-order valence-electron chi connectivity index (χ2n) is 7.32. The predicted octanol–water partition coefficient (Wildman–Crippen LogP) is 2.86. The molecule has 0 saturated heterocycles. The monoisotopic (exact) mass is 398 g/mol. The van der Waals surface area contributed by atoms with E-state index in [0.717, 1.165) is 5.56 Å². The minimum absolute atomic E-state index is 0.134. The SMILES string of the molecule is CC(C)(C)OC(=O)NCCC(=O)NCc1cccc(NC(=O)c2ccccn2)c1. The van der Waals surface area contributed by atoms with Gasteiger partial charge in [-0.3, -0.25) is 14.6 Å². The van der Waals surface area contributed by atoms with Crippen LogP contribution in [0, 0.1) is 0 Å². The smallest absolute Gasteiger partial charge is 0.407 e. The van der Waals surface area contributed by atoms with Crippen LogP contribution in [-0.4, -0.2) is 35.0 Å². The van der Waals surface area contributed by atoms with Gasteiger partial charge in [-0.05, 0) is 50.6 Å². The molecule has 29 heavy (non-hydrogen) atoms. The Bertz CT molecular complexity index is 847. The minimum atomic E-state index is -0.580. The van der Waals surface area contributed by atoms with Gasteiger partial charge in [0, 0.05) is 31.4 Å². The van der Waals surface area contributed by atoms with Gasteiger partial charge in [-0.25, -0.2) is 4.79 Å². The first-order chi connectivity index (χ1) is 13.7. The predicted molar refractivity (Wildman–Crippen MR) is 109 cm³/mol. The number of hydrogen-bond acceptors (Lipinski definition) is 5. The number of rotatable bonds is 7. The number of carbonyl (C=O) groups is 3. The lowest BCUT2D eigenvalue weighted by Gasteiger charge is -2.19. The van der Waals surface area contributed by atoms with Crippen molar-refractivity contribution < 1.29 is 19.1 Å². The first-order valence-electron chi connectivity index (χ1n) is 9.28. The van der Waals surface area contributed by atoms with Crippen LogP contribution in [0.5, 0.6) is 0 Å². The highest BCUT2D eigenvalue weighted by Crippen LogP contribution is 2.12. The number of aromatic nitrogens is 1. The van der Waals surface area contributed by atoms with Gasteiger partial charge in [-0.2, -0.15) is 0 Å². The van der Waals surface area contributed by atoms with E-state index in [1.165, 1.54) is 0 Å². The van der Waals surface area contributed by atoms with E-state index >= 15 is 0 Å². The maximum absolute atomic E-state index is 12.2. The molecular formula is C21H26N4O4. The summed E-state index contributed by atoms with van der Waals surface area (Å²) in [7, 11) is 0. The number of nitrogens with one attached hydrogen (secondary N) is 3. The Kier molecular flexibility index (Phi) is 7.70. The summed E-state index contributed by atoms with van der Waals surface area (Å²) in [6, 6.07) is 12.3. The quantitative estimate of drug-likeness (QED) is 0.664. The molecule has 0 fully saturated rings. The van der Waals surface area contributed by atoms with Crippen molar-refractivity contribution in [3.63, 3.8) is 0 Å². The van der Waals surface area contributed by atoms with Crippen molar-refractivity contribution in [1.82, 2.24) is 15.6 Å². The molecule has 1 aromatic heterocycles. The summed E-state index contributed by atoms with van der Waals surface area (Å²) in [6.45, 7) is 5.80. The van der Waals surface area contributed by atoms with Crippen LogP contribution in [0.1, 0.15) is 43.2 Å². The molecule has 0 spiro atoms. The summed E-state index contributed by atoms with van der Waals surface area (Å²) in [5.41, 5.74) is 1.18. The summed E-state index contributed by atoms with van der Waals surface area (Å²) in [6.07, 6.45) is 1.13. The summed E-state index contributed by atoms with van der Waals surface area (Å²) in [5.74, 6) is -0.510. The Morgan fingerprint density at radius 1 is 1.03 bits per heavy atom. The third-order valence-electron chi connectivity index (χ3n) is 3.59. The molecule has 0 bridgehead atoms. The van der Waals surface area contributed by atoms with E-state index in [-0.39, 0.29) is 24.8 Å². The highest BCUT2D eigenvalue weighted by molar-refractivity contribution is 6.02. The molecule has 0 radical (unpaired) electrons. The van der Waals surface area contributed by atoms with E-state index in [1.807, 2.05) is 6.07 Å². The van der Waals surface area contributed by atoms with Crippen LogP contribution < -0.4 is 16.0 Å². The van der Waals surface area contributed by atoms with Crippen LogP contribution in [0.2, 0.25) is 0 Å². The molecule has 154 valence electrons. The van der Waals surface area contributed by atoms with Gasteiger partial charge in [-0.1, -0.05) is 18.2 Å². The van der Waals surface area contributed by atoms with Crippen molar-refractivity contribution in [2.45, 2.75) is 39.3 Å². The number of alkyl carbamates (subject to hydrolysis) is 1. The van der Waals surface area contributed by atoms with Crippen molar-refractivity contribution in [2.75, 3.05) is 11.9 Å². The zero-order chi connectivity index (χ0) is 21.3. The minimum Gasteiger partial charge on any atom is -0.444 e. The standard InChI is InChI=1S/C21H26N4O4/c1-21(2,3)29-20(28)23-12-10-18(26)24-14-15-7-6-8-16(13-15)25-19(27)17-9-4-5-11-22-17/h4-9,11,13H,10,12,14H2,1-3H3,(H,23,28)(H,24,26)(H,25,27). The molecule has 2 rings (SSSR count). The number of anilines is 1. The molecule has 1 heterocycles. The van der Waals surface area contributed by atoms with E-state index in [4.69, 9.17) is 4.74 Å². The lowest BCUT2D eigenvalue weighted by molar-refractivity contribution is -0.121. The molecule has 0 aliphatic carbocycles. The summed E-state index contributed by atoms with van der Waals surface area (Å²) < 4.78 is 5.10. The van der Waals surface area contributed by atoms with E-state index in [2.05, 4.69) is 20.9 Å². The van der Waals surface area contributed by atoms with Crippen LogP contribution in [0.4, 0.5) is 10.5 Å². The Labute approximate surface area is 170 Å². The molecule has 1 aromatic carbocycles. The molecule has 0 aliphatic rings. The van der Waals surface area contributed by atoms with E-state index in [1.54, 1.807) is 63.4 Å². The molecule has 0 aliphatic heterocycles. The molecule has 2 aromatic rings. The lowest BCUT2D eigenvalue weighted by Crippen LogP contribution is -2.35. The lowest BCUT2D eigenvalue weighted by atomic mass is 10.2. The number of pyridine rings is 1. The zero-order valence-corrected chi connectivity index (χ0v) is 16.8. The van der Waals surface area contributed by atoms with Crippen LogP contribution in [0.25, 0.3) is 0 Å². The van der Waals surface area contributed by atoms with Gasteiger partial charge >= 0.3 is 6.09 Å². The van der Waals surface area contributed by atoms with Gasteiger partial charge in [0.05, 0.1) is 0 Å². The molecule has 3 amide bonds. The average Bonchev–Trinajstić information content (AvgIpc) is 2.66. The largest absolute Gasteiger partial charge is 0.444 e. The number of nitrogens with zero attached hydrogens (tertiary/aromatic N) is 1. The van der Waals surface area contributed by atoms with Gasteiger partial charge in [0.15, 0.2) is 0 Å². The third kappa shape index (κ3) is 8.42. The topological polar surface area (TPSA) is 109 Å². The fraction of sp³-hybridized carbons (Fsp3) is 0.333. The van der Waals surface area contributed by atoms with Gasteiger partial charge in [-0.15, -0.1) is 0 Å². The highest BCUT2D eigenvalue weighted by Gasteiger charge is 2.15. The zero-order valence-electron chi connectivity index (χ0n) is 16.8. The normalized spacial score (nSPS) is 10.7. The Hall–Kier alpha value is -3.42. The molecule has 3 N–H and O–H groups in total. The van der Waals surface area contributed by atoms with Gasteiger partial charge < -0.3 is 20.7 Å². The number of amides is 3. The number of benzene rings is 1. The highest BCUT2D eigenvalue weighted by atomic mass is 16.6. The maximum atomic E-state index is 12.2. The molecular weight excluding hydrogens is 372 g/mol. The summed E-state index contributed by atoms with van der Waals surface area (Å²) in [4.78, 5) is 39.7. The van der Waals surface area contributed by atoms with E-state index in [0.29, 0.717) is 17.9 Å². The van der Waals surface area contributed by atoms with Crippen LogP contribution in [-0.2, 0) is 16.1 Å². The Morgan fingerprint density at radius 2 is 1.83 bits per heavy atom. The second-order valence-corrected chi connectivity index (χ2v) is 7.32. The molecule has 8 heteroatoms. The Balaban J connectivity index is 1.76. The maximum Gasteiger partial charge on any atom is 0.407 e. The van der Waals surface area contributed by atoms with Crippen LogP contribution >= 0.6 is 0 Å². The van der Waals surface area contributed by atoms with Crippen molar-refractivity contribution in [2.24, 2.45) is 0 Å². The molecule has 8 nitrogen and oxygen atoms in total. The number of hydrogen-bond donors (Lipinski definition) is 3. The van der Waals surface area contributed by atoms with Crippen molar-refractivity contribution in [3.05, 3.63) is 59.9 Å². The average molecular weight is 398 g/mol. The molecule has 0 atom stereocenters. The first-order valence-corrected chi connectivity index (χ1v) is 9.28. The van der Waals surface area contributed by atoms with Gasteiger partial charge in [0.2, 0.25) is 5.91 Å². The Morgan fingerprint density at radius 3 is 2.52 bits per heavy atom. The first kappa shape index (κ1) is 21.9. The number of carbonyl (C=O) groups excluding carboxylic acids is 3. The van der Waals surface area contributed by atoms with E-state index < -0.39 is 11.7 Å². The van der Waals surface area contributed by atoms with Crippen molar-refractivity contribution in [3.8, 4) is 0 Å². The molecule has 0 unspecified atom stereocenters. The molecule has 0 saturated carbocycles. The van der Waals surface area contributed by atoms with Crippen molar-refractivity contribution >= 4 is 23.6 Å². The van der Waals surface area contributed by atoms with Crippen LogP contribution in [0.3, 0.4) is 0 Å². The van der Waals surface area contributed by atoms with Gasteiger partial charge in [0.25, 0.3) is 5.91 Å².